The van der Waals surface area contributed by atoms with Crippen LogP contribution in [0.15, 0.2) is 60.4 Å². The minimum Gasteiger partial charge on any atom is -0.512 e. The van der Waals surface area contributed by atoms with E-state index in [9.17, 15) is 9.90 Å². The van der Waals surface area contributed by atoms with Crippen LogP contribution in [0.2, 0.25) is 0 Å². The highest BCUT2D eigenvalue weighted by atomic mass is 16.3. The summed E-state index contributed by atoms with van der Waals surface area (Å²) in [6.07, 6.45) is 8.42. The van der Waals surface area contributed by atoms with E-state index in [-0.39, 0.29) is 17.0 Å². The Kier molecular flexibility index (Phi) is 5.41. The van der Waals surface area contributed by atoms with E-state index < -0.39 is 0 Å². The third-order valence-corrected chi connectivity index (χ3v) is 7.69. The number of benzene rings is 3. The number of allylic oxidation sites excluding steroid dienone is 2. The molecule has 1 fully saturated rings. The van der Waals surface area contributed by atoms with Gasteiger partial charge in [-0.1, -0.05) is 68.7 Å². The maximum atomic E-state index is 12.4. The number of ketones is 1. The first kappa shape index (κ1) is 21.0. The van der Waals surface area contributed by atoms with Crippen molar-refractivity contribution >= 4 is 22.1 Å². The molecule has 0 aliphatic heterocycles. The Hall–Kier alpha value is -2.87. The van der Waals surface area contributed by atoms with Crippen molar-refractivity contribution in [2.75, 3.05) is 0 Å². The highest BCUT2D eigenvalue weighted by Gasteiger charge is 2.30. The van der Waals surface area contributed by atoms with Crippen LogP contribution in [-0.2, 0) is 10.2 Å². The smallest absolute Gasteiger partial charge is 0.166 e. The summed E-state index contributed by atoms with van der Waals surface area (Å²) in [5.41, 5.74) is 7.01. The van der Waals surface area contributed by atoms with E-state index in [0.29, 0.717) is 18.4 Å². The van der Waals surface area contributed by atoms with Crippen molar-refractivity contribution in [2.24, 2.45) is 0 Å². The fraction of sp³-hybridized carbons (Fsp3) is 0.367. The van der Waals surface area contributed by atoms with E-state index in [1.54, 1.807) is 0 Å². The van der Waals surface area contributed by atoms with Gasteiger partial charge in [0.1, 0.15) is 5.76 Å². The third kappa shape index (κ3) is 3.77. The fourth-order valence-electron chi connectivity index (χ4n) is 5.79. The van der Waals surface area contributed by atoms with Gasteiger partial charge in [-0.05, 0) is 82.3 Å². The van der Waals surface area contributed by atoms with E-state index in [2.05, 4.69) is 56.3 Å². The van der Waals surface area contributed by atoms with Gasteiger partial charge >= 0.3 is 0 Å². The monoisotopic (exact) mass is 424 g/mol. The van der Waals surface area contributed by atoms with Crippen LogP contribution in [0.5, 0.6) is 0 Å². The number of hydrogen-bond donors (Lipinski definition) is 1. The molecule has 5 rings (SSSR count). The third-order valence-electron chi connectivity index (χ3n) is 7.69. The maximum Gasteiger partial charge on any atom is 0.166 e. The lowest BCUT2D eigenvalue weighted by Gasteiger charge is -2.35. The summed E-state index contributed by atoms with van der Waals surface area (Å²) in [5.74, 6) is 0.286. The number of carbonyl (C=O) groups excluding carboxylic acids is 1. The molecule has 0 bridgehead atoms. The molecule has 1 N–H and O–H groups in total. The van der Waals surface area contributed by atoms with Crippen LogP contribution in [0.3, 0.4) is 0 Å². The fourth-order valence-corrected chi connectivity index (χ4v) is 5.79. The van der Waals surface area contributed by atoms with E-state index in [1.807, 2.05) is 12.1 Å². The van der Waals surface area contributed by atoms with Gasteiger partial charge in [-0.2, -0.15) is 0 Å². The molecule has 2 heteroatoms. The van der Waals surface area contributed by atoms with Gasteiger partial charge in [0.05, 0.1) is 5.57 Å². The lowest BCUT2D eigenvalue weighted by Crippen LogP contribution is -2.26. The van der Waals surface area contributed by atoms with E-state index in [4.69, 9.17) is 0 Å². The quantitative estimate of drug-likeness (QED) is 0.462. The lowest BCUT2D eigenvalue weighted by atomic mass is 9.69. The molecule has 0 radical (unpaired) electrons. The predicted octanol–water partition coefficient (Wildman–Crippen LogP) is 8.06. The number of aliphatic hydroxyl groups is 1. The molecule has 164 valence electrons. The molecule has 0 aromatic heterocycles. The van der Waals surface area contributed by atoms with Gasteiger partial charge in [0.25, 0.3) is 0 Å². The van der Waals surface area contributed by atoms with Gasteiger partial charge in [0.15, 0.2) is 5.78 Å². The van der Waals surface area contributed by atoms with Gasteiger partial charge in [-0.3, -0.25) is 4.79 Å². The molecular formula is C30H32O2. The van der Waals surface area contributed by atoms with Crippen molar-refractivity contribution < 1.29 is 9.90 Å². The van der Waals surface area contributed by atoms with Crippen LogP contribution < -0.4 is 0 Å². The summed E-state index contributed by atoms with van der Waals surface area (Å²) < 4.78 is 0. The summed E-state index contributed by atoms with van der Waals surface area (Å²) in [7, 11) is 0. The number of rotatable bonds is 3. The lowest BCUT2D eigenvalue weighted by molar-refractivity contribution is -0.114. The molecule has 0 unspecified atom stereocenters. The largest absolute Gasteiger partial charge is 0.512 e. The minimum absolute atomic E-state index is 0.0492. The Morgan fingerprint density at radius 3 is 2.09 bits per heavy atom. The van der Waals surface area contributed by atoms with Gasteiger partial charge in [-0.15, -0.1) is 0 Å². The number of hydrogen-bond acceptors (Lipinski definition) is 2. The van der Waals surface area contributed by atoms with Gasteiger partial charge < -0.3 is 5.11 Å². The van der Waals surface area contributed by atoms with Crippen LogP contribution in [0, 0.1) is 6.92 Å². The SMILES string of the molecule is Cc1ccc(-c2ccc3cc(C4=C(O)CCCC4=O)ccc3c2)cc1C1(C)CCCCC1. The second kappa shape index (κ2) is 8.24. The Morgan fingerprint density at radius 1 is 0.750 bits per heavy atom. The summed E-state index contributed by atoms with van der Waals surface area (Å²) in [6.45, 7) is 4.69. The Bertz CT molecular complexity index is 1220. The predicted molar refractivity (Wildman–Crippen MR) is 133 cm³/mol. The topological polar surface area (TPSA) is 37.3 Å². The molecule has 2 aliphatic carbocycles. The Balaban J connectivity index is 1.52. The molecule has 3 aromatic rings. The van der Waals surface area contributed by atoms with E-state index in [0.717, 1.165) is 22.8 Å². The van der Waals surface area contributed by atoms with Gasteiger partial charge in [-0.25, -0.2) is 0 Å². The second-order valence-corrected chi connectivity index (χ2v) is 10.0. The van der Waals surface area contributed by atoms with Crippen LogP contribution in [0.1, 0.15) is 75.0 Å². The van der Waals surface area contributed by atoms with Crippen LogP contribution in [0.4, 0.5) is 0 Å². The molecule has 0 heterocycles. The summed E-state index contributed by atoms with van der Waals surface area (Å²) >= 11 is 0. The van der Waals surface area contributed by atoms with Gasteiger partial charge in [0, 0.05) is 12.8 Å². The molecule has 0 saturated heterocycles. The highest BCUT2D eigenvalue weighted by molar-refractivity contribution is 6.22. The standard InChI is InChI=1S/C30H32O2/c1-20-9-10-24(19-26(20)30(2)15-4-3-5-16-30)22-11-12-23-18-25(14-13-21(23)17-22)29-27(31)7-6-8-28(29)32/h9-14,17-19,31H,3-8,15-16H2,1-2H3. The van der Waals surface area contributed by atoms with Crippen molar-refractivity contribution in [2.45, 2.75) is 70.6 Å². The van der Waals surface area contributed by atoms with E-state index in [1.165, 1.54) is 54.4 Å². The first-order chi connectivity index (χ1) is 15.4. The average Bonchev–Trinajstić information content (AvgIpc) is 2.79. The average molecular weight is 425 g/mol. The van der Waals surface area contributed by atoms with Crippen molar-refractivity contribution in [3.63, 3.8) is 0 Å². The molecule has 0 atom stereocenters. The molecule has 2 nitrogen and oxygen atoms in total. The Morgan fingerprint density at radius 2 is 1.38 bits per heavy atom. The second-order valence-electron chi connectivity index (χ2n) is 10.0. The first-order valence-electron chi connectivity index (χ1n) is 12.1. The highest BCUT2D eigenvalue weighted by Crippen LogP contribution is 2.42. The number of fused-ring (bicyclic) bond motifs is 1. The molecule has 2 aliphatic rings. The maximum absolute atomic E-state index is 12.4. The number of carbonyl (C=O) groups is 1. The van der Waals surface area contributed by atoms with Crippen molar-refractivity contribution in [1.82, 2.24) is 0 Å². The van der Waals surface area contributed by atoms with Crippen molar-refractivity contribution in [1.29, 1.82) is 0 Å². The number of aryl methyl sites for hydroxylation is 1. The minimum atomic E-state index is 0.0492. The molecule has 32 heavy (non-hydrogen) atoms. The zero-order valence-corrected chi connectivity index (χ0v) is 19.2. The Labute approximate surface area is 191 Å². The normalized spacial score (nSPS) is 18.9. The zero-order valence-electron chi connectivity index (χ0n) is 19.2. The zero-order chi connectivity index (χ0) is 22.3. The molecule has 0 spiro atoms. The van der Waals surface area contributed by atoms with Crippen LogP contribution >= 0.6 is 0 Å². The molecule has 1 saturated carbocycles. The molecular weight excluding hydrogens is 392 g/mol. The number of Topliss-reactive ketones (excluding diaryl/α,β-unsaturated/α-hetero) is 1. The van der Waals surface area contributed by atoms with Crippen LogP contribution in [-0.4, -0.2) is 10.9 Å². The molecule has 3 aromatic carbocycles. The van der Waals surface area contributed by atoms with Crippen molar-refractivity contribution in [3.8, 4) is 11.1 Å². The van der Waals surface area contributed by atoms with Gasteiger partial charge in [0.2, 0.25) is 0 Å². The number of aliphatic hydroxyl groups excluding tert-OH is 1. The van der Waals surface area contributed by atoms with E-state index >= 15 is 0 Å². The summed E-state index contributed by atoms with van der Waals surface area (Å²) in [5, 5.41) is 12.5. The van der Waals surface area contributed by atoms with Crippen molar-refractivity contribution in [3.05, 3.63) is 77.0 Å². The van der Waals surface area contributed by atoms with Crippen LogP contribution in [0.25, 0.3) is 27.5 Å². The first-order valence-corrected chi connectivity index (χ1v) is 12.1. The summed E-state index contributed by atoms with van der Waals surface area (Å²) in [4.78, 5) is 12.4. The molecule has 0 amide bonds. The summed E-state index contributed by atoms with van der Waals surface area (Å²) in [6, 6.07) is 19.6.